The molecule has 3 unspecified atom stereocenters. The molecular weight excluding hydrogens is 340 g/mol. The molecular formula is C26H24N2. The van der Waals surface area contributed by atoms with Crippen molar-refractivity contribution < 1.29 is 0 Å². The Morgan fingerprint density at radius 2 is 1.75 bits per heavy atom. The molecule has 4 atom stereocenters. The van der Waals surface area contributed by atoms with Gasteiger partial charge in [0.2, 0.25) is 0 Å². The lowest BCUT2D eigenvalue weighted by Gasteiger charge is -2.36. The monoisotopic (exact) mass is 364 g/mol. The van der Waals surface area contributed by atoms with Gasteiger partial charge in [0.1, 0.15) is 5.82 Å². The molecule has 1 fully saturated rings. The average Bonchev–Trinajstić information content (AvgIpc) is 3.32. The van der Waals surface area contributed by atoms with E-state index in [2.05, 4.69) is 91.2 Å². The van der Waals surface area contributed by atoms with E-state index in [-0.39, 0.29) is 0 Å². The van der Waals surface area contributed by atoms with Gasteiger partial charge in [-0.25, -0.2) is 4.98 Å². The lowest BCUT2D eigenvalue weighted by atomic mass is 9.78. The van der Waals surface area contributed by atoms with Crippen molar-refractivity contribution in [3.05, 3.63) is 89.8 Å². The van der Waals surface area contributed by atoms with E-state index in [1.807, 2.05) is 0 Å². The largest absolute Gasteiger partial charge is 0.316 e. The summed E-state index contributed by atoms with van der Waals surface area (Å²) in [4.78, 5) is 5.10. The highest BCUT2D eigenvalue weighted by molar-refractivity contribution is 5.85. The number of benzene rings is 2. The second-order valence-electron chi connectivity index (χ2n) is 8.57. The molecule has 0 saturated heterocycles. The predicted octanol–water partition coefficient (Wildman–Crippen LogP) is 6.29. The van der Waals surface area contributed by atoms with Crippen LogP contribution in [0.5, 0.6) is 0 Å². The average molecular weight is 364 g/mol. The highest BCUT2D eigenvalue weighted by Crippen LogP contribution is 2.54. The summed E-state index contributed by atoms with van der Waals surface area (Å²) in [5, 5.41) is 0. The number of hydrogen-bond donors (Lipinski definition) is 0. The Morgan fingerprint density at radius 1 is 1.00 bits per heavy atom. The van der Waals surface area contributed by atoms with Gasteiger partial charge in [-0.3, -0.25) is 0 Å². The van der Waals surface area contributed by atoms with Crippen LogP contribution in [0.1, 0.15) is 37.7 Å². The number of aromatic nitrogens is 2. The Morgan fingerprint density at radius 3 is 2.54 bits per heavy atom. The van der Waals surface area contributed by atoms with Crippen LogP contribution in [0.4, 0.5) is 0 Å². The van der Waals surface area contributed by atoms with Gasteiger partial charge in [-0.15, -0.1) is 0 Å². The first-order valence-electron chi connectivity index (χ1n) is 10.4. The lowest BCUT2D eigenvalue weighted by molar-refractivity contribution is 0.493. The van der Waals surface area contributed by atoms with Crippen molar-refractivity contribution in [1.82, 2.24) is 9.55 Å². The molecule has 2 heteroatoms. The van der Waals surface area contributed by atoms with Crippen molar-refractivity contribution in [2.24, 2.45) is 17.8 Å². The van der Waals surface area contributed by atoms with Crippen LogP contribution in [0.15, 0.2) is 78.4 Å². The van der Waals surface area contributed by atoms with Crippen molar-refractivity contribution in [1.29, 1.82) is 0 Å². The van der Waals surface area contributed by atoms with E-state index in [1.54, 1.807) is 0 Å². The molecule has 3 aromatic rings. The minimum atomic E-state index is 0.313. The first kappa shape index (κ1) is 16.1. The third-order valence-electron chi connectivity index (χ3n) is 6.85. The molecule has 28 heavy (non-hydrogen) atoms. The Bertz CT molecular complexity index is 1180. The molecule has 0 N–H and O–H groups in total. The maximum absolute atomic E-state index is 5.10. The zero-order valence-electron chi connectivity index (χ0n) is 16.3. The molecule has 1 aliphatic heterocycles. The van der Waals surface area contributed by atoms with Gasteiger partial charge in [-0.2, -0.15) is 0 Å². The summed E-state index contributed by atoms with van der Waals surface area (Å²) in [5.74, 6) is 3.03. The van der Waals surface area contributed by atoms with Crippen molar-refractivity contribution in [2.45, 2.75) is 26.3 Å². The molecule has 1 aromatic heterocycles. The van der Waals surface area contributed by atoms with E-state index < -0.39 is 0 Å². The Balaban J connectivity index is 1.57. The summed E-state index contributed by atoms with van der Waals surface area (Å²) in [6, 6.07) is 19.7. The van der Waals surface area contributed by atoms with Crippen molar-refractivity contribution >= 4 is 22.2 Å². The number of hydrogen-bond acceptors (Lipinski definition) is 1. The van der Waals surface area contributed by atoms with Crippen LogP contribution in [0.25, 0.3) is 22.2 Å². The minimum absolute atomic E-state index is 0.313. The van der Waals surface area contributed by atoms with Gasteiger partial charge in [-0.05, 0) is 54.0 Å². The normalized spacial score (nSPS) is 28.1. The molecule has 0 spiro atoms. The summed E-state index contributed by atoms with van der Waals surface area (Å²) >= 11 is 0. The molecule has 1 saturated carbocycles. The topological polar surface area (TPSA) is 17.8 Å². The van der Waals surface area contributed by atoms with E-state index in [0.29, 0.717) is 17.9 Å². The van der Waals surface area contributed by atoms with Crippen LogP contribution >= 0.6 is 0 Å². The lowest BCUT2D eigenvalue weighted by Crippen LogP contribution is -2.27. The van der Waals surface area contributed by atoms with Crippen molar-refractivity contribution in [3.8, 4) is 0 Å². The van der Waals surface area contributed by atoms with Crippen molar-refractivity contribution in [2.75, 3.05) is 0 Å². The quantitative estimate of drug-likeness (QED) is 0.522. The van der Waals surface area contributed by atoms with Crippen LogP contribution in [0, 0.1) is 17.8 Å². The van der Waals surface area contributed by atoms with E-state index in [0.717, 1.165) is 11.4 Å². The van der Waals surface area contributed by atoms with Gasteiger partial charge >= 0.3 is 0 Å². The number of rotatable bonds is 2. The van der Waals surface area contributed by atoms with Gasteiger partial charge in [0, 0.05) is 5.92 Å². The maximum atomic E-state index is 5.10. The molecule has 2 nitrogen and oxygen atoms in total. The van der Waals surface area contributed by atoms with Gasteiger partial charge < -0.3 is 4.57 Å². The molecule has 3 aliphatic rings. The number of fused-ring (bicyclic) bond motifs is 5. The second kappa shape index (κ2) is 5.81. The van der Waals surface area contributed by atoms with Crippen LogP contribution < -0.4 is 0 Å². The number of para-hydroxylation sites is 2. The molecule has 2 aromatic carbocycles. The maximum Gasteiger partial charge on any atom is 0.137 e. The zero-order chi connectivity index (χ0) is 18.8. The second-order valence-corrected chi connectivity index (χ2v) is 8.57. The first-order chi connectivity index (χ1) is 13.7. The van der Waals surface area contributed by atoms with Gasteiger partial charge in [-0.1, -0.05) is 73.2 Å². The molecule has 2 aliphatic carbocycles. The highest BCUT2D eigenvalue weighted by atomic mass is 15.1. The Kier molecular flexibility index (Phi) is 3.35. The van der Waals surface area contributed by atoms with E-state index in [1.165, 1.54) is 40.0 Å². The first-order valence-corrected chi connectivity index (χ1v) is 10.4. The van der Waals surface area contributed by atoms with Gasteiger partial charge in [0.15, 0.2) is 0 Å². The fourth-order valence-electron chi connectivity index (χ4n) is 5.20. The standard InChI is InChI=1S/C26H24N2/c1-16-14-20(16)25-17(2)21-15-19(18-8-4-3-5-9-18)12-13-23(21)28-24-11-7-6-10-22(24)27-26(25)28/h3-13,15-16,20-21,23H,14H2,1-2H3/t16-,20?,21?,23?/m1/s1. The molecule has 6 rings (SSSR count). The predicted molar refractivity (Wildman–Crippen MR) is 116 cm³/mol. The summed E-state index contributed by atoms with van der Waals surface area (Å²) in [7, 11) is 0. The fourth-order valence-corrected chi connectivity index (χ4v) is 5.20. The molecule has 138 valence electrons. The third-order valence-corrected chi connectivity index (χ3v) is 6.85. The minimum Gasteiger partial charge on any atom is -0.316 e. The molecule has 0 amide bonds. The third kappa shape index (κ3) is 2.24. The van der Waals surface area contributed by atoms with Crippen LogP contribution in [-0.4, -0.2) is 9.55 Å². The Hall–Kier alpha value is -2.87. The smallest absolute Gasteiger partial charge is 0.137 e. The van der Waals surface area contributed by atoms with Gasteiger partial charge in [0.05, 0.1) is 17.1 Å². The van der Waals surface area contributed by atoms with Crippen LogP contribution in [-0.2, 0) is 0 Å². The van der Waals surface area contributed by atoms with E-state index in [9.17, 15) is 0 Å². The number of imidazole rings is 1. The molecule has 0 bridgehead atoms. The number of allylic oxidation sites excluding steroid dienone is 6. The van der Waals surface area contributed by atoms with E-state index >= 15 is 0 Å². The summed E-state index contributed by atoms with van der Waals surface area (Å²) in [6.45, 7) is 4.72. The van der Waals surface area contributed by atoms with Gasteiger partial charge in [0.25, 0.3) is 0 Å². The Labute approximate surface area is 165 Å². The van der Waals surface area contributed by atoms with Crippen LogP contribution in [0.2, 0.25) is 0 Å². The number of nitrogens with zero attached hydrogens (tertiary/aromatic N) is 2. The van der Waals surface area contributed by atoms with Crippen LogP contribution in [0.3, 0.4) is 0 Å². The SMILES string of the molecule is CC1=C(C2C[C@H]2C)c2nc3ccccc3n2C2C=CC(c3ccccc3)=CC12. The van der Waals surface area contributed by atoms with E-state index in [4.69, 9.17) is 4.98 Å². The fraction of sp³-hybridized carbons (Fsp3) is 0.269. The highest BCUT2D eigenvalue weighted by Gasteiger charge is 2.44. The summed E-state index contributed by atoms with van der Waals surface area (Å²) < 4.78 is 2.50. The summed E-state index contributed by atoms with van der Waals surface area (Å²) in [5.41, 5.74) is 8.02. The molecule has 0 radical (unpaired) electrons. The summed E-state index contributed by atoms with van der Waals surface area (Å²) in [6.07, 6.45) is 8.47. The van der Waals surface area contributed by atoms with Crippen molar-refractivity contribution in [3.63, 3.8) is 0 Å². The zero-order valence-corrected chi connectivity index (χ0v) is 16.3. The molecule has 2 heterocycles.